The zero-order chi connectivity index (χ0) is 13.9. The third-order valence-corrected chi connectivity index (χ3v) is 4.37. The molecular weight excluding hydrogens is 250 g/mol. The van der Waals surface area contributed by atoms with Gasteiger partial charge in [-0.3, -0.25) is 4.90 Å². The average molecular weight is 273 g/mol. The van der Waals surface area contributed by atoms with Gasteiger partial charge in [-0.2, -0.15) is 0 Å². The van der Waals surface area contributed by atoms with Gasteiger partial charge in [0.15, 0.2) is 0 Å². The Hall–Kier alpha value is -1.39. The summed E-state index contributed by atoms with van der Waals surface area (Å²) in [4.78, 5) is 7.09. The zero-order valence-corrected chi connectivity index (χ0v) is 12.1. The first kappa shape index (κ1) is 13.6. The van der Waals surface area contributed by atoms with Crippen molar-refractivity contribution in [2.75, 3.05) is 13.2 Å². The topological polar surface area (TPSA) is 40.8 Å². The molecule has 2 aromatic rings. The van der Waals surface area contributed by atoms with Crippen molar-refractivity contribution in [3.63, 3.8) is 0 Å². The summed E-state index contributed by atoms with van der Waals surface area (Å²) in [6, 6.07) is 4.81. The summed E-state index contributed by atoms with van der Waals surface area (Å²) in [5, 5.41) is 9.01. The van der Waals surface area contributed by atoms with Crippen LogP contribution in [0.15, 0.2) is 24.5 Å². The Morgan fingerprint density at radius 3 is 3.20 bits per heavy atom. The number of hydrogen-bond acceptors (Lipinski definition) is 3. The summed E-state index contributed by atoms with van der Waals surface area (Å²) < 4.78 is 2.21. The third-order valence-electron chi connectivity index (χ3n) is 4.37. The minimum absolute atomic E-state index is 0.305. The van der Waals surface area contributed by atoms with Crippen LogP contribution < -0.4 is 0 Å². The Bertz CT molecular complexity index is 578. The number of nitrogens with zero attached hydrogens (tertiary/aromatic N) is 3. The number of aryl methyl sites for hydroxylation is 1. The van der Waals surface area contributed by atoms with Crippen LogP contribution in [0.2, 0.25) is 0 Å². The molecule has 108 valence electrons. The van der Waals surface area contributed by atoms with Gasteiger partial charge < -0.3 is 9.51 Å². The highest BCUT2D eigenvalue weighted by Crippen LogP contribution is 2.24. The van der Waals surface area contributed by atoms with E-state index >= 15 is 0 Å². The molecule has 1 N–H and O–H groups in total. The molecule has 1 aliphatic rings. The Labute approximate surface area is 120 Å². The molecule has 1 fully saturated rings. The van der Waals surface area contributed by atoms with Crippen molar-refractivity contribution < 1.29 is 5.11 Å². The largest absolute Gasteiger partial charge is 0.396 e. The Morgan fingerprint density at radius 1 is 1.45 bits per heavy atom. The molecule has 1 aliphatic heterocycles. The summed E-state index contributed by atoms with van der Waals surface area (Å²) in [5.74, 6) is 0. The lowest BCUT2D eigenvalue weighted by Gasteiger charge is -2.24. The lowest BCUT2D eigenvalue weighted by atomic mass is 10.1. The maximum absolute atomic E-state index is 9.01. The van der Waals surface area contributed by atoms with Gasteiger partial charge in [-0.25, -0.2) is 4.98 Å². The van der Waals surface area contributed by atoms with Crippen molar-refractivity contribution in [2.24, 2.45) is 0 Å². The van der Waals surface area contributed by atoms with E-state index in [1.54, 1.807) is 0 Å². The van der Waals surface area contributed by atoms with Gasteiger partial charge in [0, 0.05) is 25.4 Å². The maximum Gasteiger partial charge on any atom is 0.139 e. The number of hydrogen-bond donors (Lipinski definition) is 1. The van der Waals surface area contributed by atoms with Gasteiger partial charge in [-0.1, -0.05) is 6.07 Å². The zero-order valence-electron chi connectivity index (χ0n) is 12.1. The number of likely N-dealkylation sites (tertiary alicyclic amines) is 1. The fraction of sp³-hybridized carbons (Fsp3) is 0.562. The highest BCUT2D eigenvalue weighted by Gasteiger charge is 2.24. The van der Waals surface area contributed by atoms with Gasteiger partial charge in [0.2, 0.25) is 0 Å². The molecule has 20 heavy (non-hydrogen) atoms. The number of rotatable bonds is 5. The van der Waals surface area contributed by atoms with Crippen LogP contribution in [-0.2, 0) is 6.54 Å². The van der Waals surface area contributed by atoms with Crippen molar-refractivity contribution in [3.8, 4) is 0 Å². The second kappa shape index (κ2) is 5.94. The molecular formula is C16H23N3O. The van der Waals surface area contributed by atoms with E-state index in [1.807, 2.05) is 6.20 Å². The Kier molecular flexibility index (Phi) is 4.03. The molecule has 0 saturated carbocycles. The smallest absolute Gasteiger partial charge is 0.139 e. The molecule has 0 spiro atoms. The van der Waals surface area contributed by atoms with E-state index in [9.17, 15) is 0 Å². The summed E-state index contributed by atoms with van der Waals surface area (Å²) in [6.45, 7) is 4.53. The molecule has 3 heterocycles. The van der Waals surface area contributed by atoms with E-state index < -0.39 is 0 Å². The van der Waals surface area contributed by atoms with Crippen molar-refractivity contribution in [1.82, 2.24) is 14.3 Å². The number of fused-ring (bicyclic) bond motifs is 1. The quantitative estimate of drug-likeness (QED) is 0.909. The molecule has 1 atom stereocenters. The third kappa shape index (κ3) is 2.58. The van der Waals surface area contributed by atoms with Crippen molar-refractivity contribution in [1.29, 1.82) is 0 Å². The molecule has 4 heteroatoms. The summed E-state index contributed by atoms with van der Waals surface area (Å²) >= 11 is 0. The first-order valence-electron chi connectivity index (χ1n) is 7.56. The highest BCUT2D eigenvalue weighted by molar-refractivity contribution is 5.48. The fourth-order valence-corrected chi connectivity index (χ4v) is 3.28. The number of pyridine rings is 1. The van der Waals surface area contributed by atoms with Gasteiger partial charge in [0.1, 0.15) is 5.65 Å². The van der Waals surface area contributed by atoms with Crippen LogP contribution in [0.3, 0.4) is 0 Å². The van der Waals surface area contributed by atoms with Crippen LogP contribution in [0, 0.1) is 6.92 Å². The van der Waals surface area contributed by atoms with E-state index in [-0.39, 0.29) is 0 Å². The van der Waals surface area contributed by atoms with Crippen LogP contribution in [0.4, 0.5) is 0 Å². The summed E-state index contributed by atoms with van der Waals surface area (Å²) in [5.41, 5.74) is 3.55. The molecule has 4 nitrogen and oxygen atoms in total. The molecule has 3 rings (SSSR count). The van der Waals surface area contributed by atoms with Crippen LogP contribution in [0.25, 0.3) is 5.65 Å². The minimum atomic E-state index is 0.305. The van der Waals surface area contributed by atoms with Crippen LogP contribution in [-0.4, -0.2) is 38.6 Å². The second-order valence-corrected chi connectivity index (χ2v) is 5.77. The second-order valence-electron chi connectivity index (χ2n) is 5.77. The Morgan fingerprint density at radius 2 is 2.35 bits per heavy atom. The lowest BCUT2D eigenvalue weighted by molar-refractivity contribution is 0.208. The van der Waals surface area contributed by atoms with Crippen LogP contribution >= 0.6 is 0 Å². The van der Waals surface area contributed by atoms with Gasteiger partial charge >= 0.3 is 0 Å². The number of aromatic nitrogens is 2. The van der Waals surface area contributed by atoms with Crippen LogP contribution in [0.1, 0.15) is 36.9 Å². The van der Waals surface area contributed by atoms with Gasteiger partial charge in [0.25, 0.3) is 0 Å². The number of aliphatic hydroxyl groups is 1. The van der Waals surface area contributed by atoms with E-state index in [4.69, 9.17) is 5.11 Å². The predicted octanol–water partition coefficient (Wildman–Crippen LogP) is 2.38. The molecule has 1 unspecified atom stereocenters. The van der Waals surface area contributed by atoms with Crippen molar-refractivity contribution >= 4 is 5.65 Å². The number of aliphatic hydroxyl groups excluding tert-OH is 1. The fourth-order valence-electron chi connectivity index (χ4n) is 3.28. The molecule has 0 radical (unpaired) electrons. The van der Waals surface area contributed by atoms with E-state index in [0.717, 1.165) is 31.6 Å². The SMILES string of the molecule is Cc1cccn2c(CN3CCCC3CCCO)cnc12. The van der Waals surface area contributed by atoms with Gasteiger partial charge in [-0.15, -0.1) is 0 Å². The molecule has 1 saturated heterocycles. The first-order chi connectivity index (χ1) is 9.79. The molecule has 0 amide bonds. The van der Waals surface area contributed by atoms with E-state index in [2.05, 4.69) is 39.5 Å². The van der Waals surface area contributed by atoms with E-state index in [1.165, 1.54) is 24.1 Å². The normalized spacial score (nSPS) is 20.0. The molecule has 2 aromatic heterocycles. The van der Waals surface area contributed by atoms with Crippen molar-refractivity contribution in [2.45, 2.75) is 45.2 Å². The summed E-state index contributed by atoms with van der Waals surface area (Å²) in [6.07, 6.45) is 8.65. The van der Waals surface area contributed by atoms with Gasteiger partial charge in [-0.05, 0) is 50.8 Å². The molecule has 0 aromatic carbocycles. The monoisotopic (exact) mass is 273 g/mol. The average Bonchev–Trinajstić information content (AvgIpc) is 3.06. The lowest BCUT2D eigenvalue weighted by Crippen LogP contribution is -2.29. The highest BCUT2D eigenvalue weighted by atomic mass is 16.2. The minimum Gasteiger partial charge on any atom is -0.396 e. The molecule has 0 aliphatic carbocycles. The standard InChI is InChI=1S/C16H23N3O/c1-13-5-2-9-19-15(11-17-16(13)19)12-18-8-3-6-14(18)7-4-10-20/h2,5,9,11,14,20H,3-4,6-8,10,12H2,1H3. The molecule has 0 bridgehead atoms. The van der Waals surface area contributed by atoms with Gasteiger partial charge in [0.05, 0.1) is 11.9 Å². The number of imidazole rings is 1. The Balaban J connectivity index is 1.77. The van der Waals surface area contributed by atoms with E-state index in [0.29, 0.717) is 12.6 Å². The first-order valence-corrected chi connectivity index (χ1v) is 7.56. The summed E-state index contributed by atoms with van der Waals surface area (Å²) in [7, 11) is 0. The van der Waals surface area contributed by atoms with Crippen LogP contribution in [0.5, 0.6) is 0 Å². The predicted molar refractivity (Wildman–Crippen MR) is 79.7 cm³/mol. The maximum atomic E-state index is 9.01. The van der Waals surface area contributed by atoms with Crippen molar-refractivity contribution in [3.05, 3.63) is 35.8 Å².